The van der Waals surface area contributed by atoms with Crippen molar-refractivity contribution < 1.29 is 0 Å². The Morgan fingerprint density at radius 3 is 2.80 bits per heavy atom. The molecule has 0 aliphatic heterocycles. The second-order valence-corrected chi connectivity index (χ2v) is 4.25. The van der Waals surface area contributed by atoms with Crippen LogP contribution in [0.1, 0.15) is 5.82 Å². The molecule has 0 spiro atoms. The standard InChI is InChI=1S/C13H12ClN5O/c1-3-8-15-18-12-16-9(2)19(13(20)17-12)11-7-5-4-6-10(11)14/h1,4-7,15H,8H2,2H3,(H,17,18,20). The highest BCUT2D eigenvalue weighted by molar-refractivity contribution is 6.32. The lowest BCUT2D eigenvalue weighted by Gasteiger charge is -2.11. The van der Waals surface area contributed by atoms with Crippen LogP contribution in [0.2, 0.25) is 5.02 Å². The van der Waals surface area contributed by atoms with Crippen LogP contribution in [-0.2, 0) is 0 Å². The van der Waals surface area contributed by atoms with Gasteiger partial charge in [0.2, 0.25) is 5.95 Å². The molecule has 0 atom stereocenters. The Morgan fingerprint density at radius 2 is 2.15 bits per heavy atom. The monoisotopic (exact) mass is 289 g/mol. The van der Waals surface area contributed by atoms with Crippen molar-refractivity contribution >= 4 is 17.5 Å². The summed E-state index contributed by atoms with van der Waals surface area (Å²) in [5, 5.41) is 0.451. The van der Waals surface area contributed by atoms with Gasteiger partial charge >= 0.3 is 5.69 Å². The lowest BCUT2D eigenvalue weighted by atomic mass is 10.3. The minimum absolute atomic E-state index is 0.158. The van der Waals surface area contributed by atoms with Crippen molar-refractivity contribution in [3.8, 4) is 18.0 Å². The molecule has 7 heteroatoms. The number of rotatable bonds is 4. The molecule has 1 aromatic heterocycles. The molecule has 2 N–H and O–H groups in total. The largest absolute Gasteiger partial charge is 0.356 e. The Labute approximate surface area is 120 Å². The lowest BCUT2D eigenvalue weighted by Crippen LogP contribution is -2.30. The van der Waals surface area contributed by atoms with E-state index in [-0.39, 0.29) is 12.5 Å². The first kappa shape index (κ1) is 14.1. The van der Waals surface area contributed by atoms with Gasteiger partial charge in [0.1, 0.15) is 5.82 Å². The third-order valence-electron chi connectivity index (χ3n) is 2.47. The quantitative estimate of drug-likeness (QED) is 0.502. The smallest absolute Gasteiger partial charge is 0.289 e. The number of para-hydroxylation sites is 1. The zero-order valence-corrected chi connectivity index (χ0v) is 11.5. The van der Waals surface area contributed by atoms with Crippen LogP contribution in [0.4, 0.5) is 5.95 Å². The van der Waals surface area contributed by atoms with Crippen LogP contribution in [0.15, 0.2) is 29.1 Å². The first-order valence-electron chi connectivity index (χ1n) is 5.78. The van der Waals surface area contributed by atoms with Crippen molar-refractivity contribution in [3.05, 3.63) is 45.6 Å². The van der Waals surface area contributed by atoms with Crippen molar-refractivity contribution in [2.24, 2.45) is 0 Å². The van der Waals surface area contributed by atoms with Gasteiger partial charge in [-0.3, -0.25) is 5.43 Å². The summed E-state index contributed by atoms with van der Waals surface area (Å²) in [5.41, 5.74) is 5.42. The lowest BCUT2D eigenvalue weighted by molar-refractivity contribution is 0.788. The molecule has 1 heterocycles. The Morgan fingerprint density at radius 1 is 1.40 bits per heavy atom. The minimum atomic E-state index is -0.476. The van der Waals surface area contributed by atoms with E-state index in [1.165, 1.54) is 4.57 Å². The summed E-state index contributed by atoms with van der Waals surface area (Å²) in [6.45, 7) is 1.98. The molecule has 0 saturated heterocycles. The molecular weight excluding hydrogens is 278 g/mol. The zero-order chi connectivity index (χ0) is 14.5. The van der Waals surface area contributed by atoms with Gasteiger partial charge in [-0.25, -0.2) is 14.8 Å². The summed E-state index contributed by atoms with van der Waals surface area (Å²) in [7, 11) is 0. The fourth-order valence-corrected chi connectivity index (χ4v) is 1.87. The number of nitrogens with one attached hydrogen (secondary N) is 2. The average molecular weight is 290 g/mol. The van der Waals surface area contributed by atoms with Crippen LogP contribution in [0.3, 0.4) is 0 Å². The van der Waals surface area contributed by atoms with Crippen molar-refractivity contribution in [3.63, 3.8) is 0 Å². The topological polar surface area (TPSA) is 71.8 Å². The zero-order valence-electron chi connectivity index (χ0n) is 10.7. The van der Waals surface area contributed by atoms with E-state index in [2.05, 4.69) is 26.7 Å². The molecule has 0 bridgehead atoms. The predicted octanol–water partition coefficient (Wildman–Crippen LogP) is 1.14. The van der Waals surface area contributed by atoms with Crippen LogP contribution in [0, 0.1) is 19.3 Å². The highest BCUT2D eigenvalue weighted by Gasteiger charge is 2.10. The van der Waals surface area contributed by atoms with Crippen LogP contribution in [0.25, 0.3) is 5.69 Å². The van der Waals surface area contributed by atoms with Gasteiger partial charge in [0.05, 0.1) is 17.3 Å². The number of hydrogen-bond acceptors (Lipinski definition) is 5. The molecule has 0 aliphatic rings. The molecule has 0 fully saturated rings. The highest BCUT2D eigenvalue weighted by atomic mass is 35.5. The summed E-state index contributed by atoms with van der Waals surface area (Å²) in [6, 6.07) is 6.99. The molecule has 0 radical (unpaired) electrons. The van der Waals surface area contributed by atoms with Crippen LogP contribution >= 0.6 is 11.6 Å². The molecular formula is C13H12ClN5O. The molecule has 2 aromatic rings. The van der Waals surface area contributed by atoms with Gasteiger partial charge < -0.3 is 0 Å². The minimum Gasteiger partial charge on any atom is -0.289 e. The normalized spacial score (nSPS) is 10.1. The fraction of sp³-hybridized carbons (Fsp3) is 0.154. The van der Waals surface area contributed by atoms with Crippen LogP contribution in [0.5, 0.6) is 0 Å². The Bertz CT molecular complexity index is 719. The van der Waals surface area contributed by atoms with E-state index < -0.39 is 5.69 Å². The number of aryl methyl sites for hydroxylation is 1. The molecule has 0 amide bonds. The summed E-state index contributed by atoms with van der Waals surface area (Å²) in [5.74, 6) is 3.00. The molecule has 6 nitrogen and oxygen atoms in total. The molecule has 20 heavy (non-hydrogen) atoms. The summed E-state index contributed by atoms with van der Waals surface area (Å²) in [6.07, 6.45) is 5.10. The van der Waals surface area contributed by atoms with Crippen LogP contribution in [-0.4, -0.2) is 21.1 Å². The molecule has 0 unspecified atom stereocenters. The molecule has 0 aliphatic carbocycles. The molecule has 2 rings (SSSR count). The SMILES string of the molecule is C#CCNNc1nc(C)n(-c2ccccc2Cl)c(=O)n1. The second kappa shape index (κ2) is 6.19. The van der Waals surface area contributed by atoms with Gasteiger partial charge in [-0.15, -0.1) is 6.42 Å². The van der Waals surface area contributed by atoms with E-state index in [4.69, 9.17) is 18.0 Å². The first-order chi connectivity index (χ1) is 9.63. The van der Waals surface area contributed by atoms with Gasteiger partial charge in [-0.05, 0) is 19.1 Å². The van der Waals surface area contributed by atoms with E-state index in [0.29, 0.717) is 16.5 Å². The average Bonchev–Trinajstić information content (AvgIpc) is 2.40. The van der Waals surface area contributed by atoms with Crippen molar-refractivity contribution in [2.45, 2.75) is 6.92 Å². The summed E-state index contributed by atoms with van der Waals surface area (Å²) in [4.78, 5) is 20.1. The van der Waals surface area contributed by atoms with Gasteiger partial charge in [0.25, 0.3) is 0 Å². The number of aromatic nitrogens is 3. The maximum Gasteiger partial charge on any atom is 0.356 e. The number of benzene rings is 1. The van der Waals surface area contributed by atoms with Crippen LogP contribution < -0.4 is 16.5 Å². The molecule has 102 valence electrons. The number of hydrazine groups is 1. The third kappa shape index (κ3) is 2.96. The number of terminal acetylenes is 1. The van der Waals surface area contributed by atoms with Crippen molar-refractivity contribution in [2.75, 3.05) is 12.0 Å². The first-order valence-corrected chi connectivity index (χ1v) is 6.16. The van der Waals surface area contributed by atoms with E-state index >= 15 is 0 Å². The Kier molecular flexibility index (Phi) is 4.35. The highest BCUT2D eigenvalue weighted by Crippen LogP contribution is 2.18. The predicted molar refractivity (Wildman–Crippen MR) is 77.8 cm³/mol. The van der Waals surface area contributed by atoms with Gasteiger partial charge in [-0.1, -0.05) is 29.7 Å². The van der Waals surface area contributed by atoms with E-state index in [1.54, 1.807) is 31.2 Å². The number of anilines is 1. The second-order valence-electron chi connectivity index (χ2n) is 3.85. The number of hydrogen-bond donors (Lipinski definition) is 2. The van der Waals surface area contributed by atoms with Crippen molar-refractivity contribution in [1.29, 1.82) is 0 Å². The van der Waals surface area contributed by atoms with Gasteiger partial charge in [0.15, 0.2) is 0 Å². The maximum absolute atomic E-state index is 12.1. The van der Waals surface area contributed by atoms with Gasteiger partial charge in [-0.2, -0.15) is 9.97 Å². The molecule has 0 saturated carbocycles. The fourth-order valence-electron chi connectivity index (χ4n) is 1.65. The van der Waals surface area contributed by atoms with E-state index in [0.717, 1.165) is 0 Å². The van der Waals surface area contributed by atoms with E-state index in [9.17, 15) is 4.79 Å². The number of nitrogens with zero attached hydrogens (tertiary/aromatic N) is 3. The summed E-state index contributed by atoms with van der Waals surface area (Å²) >= 11 is 6.08. The Balaban J connectivity index is 2.40. The number of halogens is 1. The Hall–Kier alpha value is -2.36. The van der Waals surface area contributed by atoms with E-state index in [1.807, 2.05) is 0 Å². The third-order valence-corrected chi connectivity index (χ3v) is 2.79. The molecule has 1 aromatic carbocycles. The summed E-state index contributed by atoms with van der Waals surface area (Å²) < 4.78 is 1.34. The van der Waals surface area contributed by atoms with Gasteiger partial charge in [0, 0.05) is 0 Å². The van der Waals surface area contributed by atoms with Crippen molar-refractivity contribution in [1.82, 2.24) is 20.0 Å². The maximum atomic E-state index is 12.1.